The Morgan fingerprint density at radius 2 is 2.25 bits per heavy atom. The van der Waals surface area contributed by atoms with Crippen LogP contribution in [0.4, 0.5) is 0 Å². The minimum atomic E-state index is -0.656. The number of ether oxygens (including phenoxy) is 1. The summed E-state index contributed by atoms with van der Waals surface area (Å²) in [4.78, 5) is 2.49. The maximum atomic E-state index is 10.4. The smallest absolute Gasteiger partial charge is 0.165 e. The van der Waals surface area contributed by atoms with Gasteiger partial charge in [0.1, 0.15) is 12.7 Å². The molecule has 2 heterocycles. The average molecular weight is 327 g/mol. The summed E-state index contributed by atoms with van der Waals surface area (Å²) in [7, 11) is 0. The van der Waals surface area contributed by atoms with Crippen molar-refractivity contribution >= 4 is 0 Å². The zero-order chi connectivity index (χ0) is 16.9. The molecule has 4 atom stereocenters. The topological polar surface area (TPSA) is 52.9 Å². The molecule has 0 amide bonds. The Morgan fingerprint density at radius 1 is 1.42 bits per heavy atom. The molecule has 4 rings (SSSR count). The fraction of sp³-hybridized carbons (Fsp3) is 0.500. The molecular weight excluding hydrogens is 302 g/mol. The molecule has 4 heteroatoms. The minimum Gasteiger partial charge on any atom is -0.504 e. The lowest BCUT2D eigenvalue weighted by atomic mass is 9.58. The maximum Gasteiger partial charge on any atom is 0.165 e. The fourth-order valence-corrected chi connectivity index (χ4v) is 4.89. The highest BCUT2D eigenvalue weighted by molar-refractivity contribution is 5.57. The van der Waals surface area contributed by atoms with Crippen LogP contribution in [0, 0.1) is 5.92 Å². The molecular formula is C20H25NO3. The first-order valence-corrected chi connectivity index (χ1v) is 8.74. The van der Waals surface area contributed by atoms with E-state index in [-0.39, 0.29) is 23.7 Å². The quantitative estimate of drug-likeness (QED) is 0.819. The van der Waals surface area contributed by atoms with Gasteiger partial charge in [-0.1, -0.05) is 31.2 Å². The van der Waals surface area contributed by atoms with Crippen LogP contribution in [-0.4, -0.2) is 47.0 Å². The number of likely N-dealkylation sites (tertiary alicyclic amines) is 1. The van der Waals surface area contributed by atoms with Crippen LogP contribution in [0.15, 0.2) is 36.9 Å². The molecule has 24 heavy (non-hydrogen) atoms. The van der Waals surface area contributed by atoms with Gasteiger partial charge in [0, 0.05) is 29.5 Å². The molecule has 0 radical (unpaired) electrons. The van der Waals surface area contributed by atoms with E-state index >= 15 is 0 Å². The molecule has 1 aliphatic carbocycles. The van der Waals surface area contributed by atoms with Crippen LogP contribution in [0.1, 0.15) is 24.5 Å². The Morgan fingerprint density at radius 3 is 3.04 bits per heavy atom. The molecule has 0 saturated carbocycles. The van der Waals surface area contributed by atoms with E-state index in [4.69, 9.17) is 4.74 Å². The molecule has 2 aliphatic heterocycles. The van der Waals surface area contributed by atoms with Gasteiger partial charge in [-0.3, -0.25) is 4.90 Å². The number of phenols is 1. The second-order valence-corrected chi connectivity index (χ2v) is 7.46. The van der Waals surface area contributed by atoms with Crippen molar-refractivity contribution in [2.75, 3.05) is 19.7 Å². The fourth-order valence-electron chi connectivity index (χ4n) is 4.89. The van der Waals surface area contributed by atoms with E-state index < -0.39 is 6.10 Å². The number of aliphatic hydroxyl groups is 1. The highest BCUT2D eigenvalue weighted by Gasteiger charge is 2.51. The van der Waals surface area contributed by atoms with Crippen molar-refractivity contribution < 1.29 is 14.9 Å². The lowest BCUT2D eigenvalue weighted by Gasteiger charge is -2.54. The van der Waals surface area contributed by atoms with Gasteiger partial charge in [-0.25, -0.2) is 0 Å². The molecule has 128 valence electrons. The van der Waals surface area contributed by atoms with Gasteiger partial charge in [0.15, 0.2) is 11.5 Å². The monoisotopic (exact) mass is 327 g/mol. The SMILES string of the molecule is C=CCN1CC[C@@]2(C)c3c4ccc(O)c3OC[C@@H](O)/C=C\[C@H]2[C@H]1C4. The average Bonchev–Trinajstić information content (AvgIpc) is 2.59. The molecule has 0 unspecified atom stereocenters. The summed E-state index contributed by atoms with van der Waals surface area (Å²) in [6, 6.07) is 4.14. The molecule has 1 aromatic rings. The van der Waals surface area contributed by atoms with Crippen molar-refractivity contribution in [3.05, 3.63) is 48.1 Å². The first-order valence-electron chi connectivity index (χ1n) is 8.74. The van der Waals surface area contributed by atoms with Crippen molar-refractivity contribution in [3.8, 4) is 11.5 Å². The van der Waals surface area contributed by atoms with Crippen LogP contribution in [-0.2, 0) is 11.8 Å². The predicted molar refractivity (Wildman–Crippen MR) is 93.5 cm³/mol. The Hall–Kier alpha value is -1.78. The number of hydrogen-bond donors (Lipinski definition) is 2. The van der Waals surface area contributed by atoms with Crippen molar-refractivity contribution in [2.24, 2.45) is 5.92 Å². The Bertz CT molecular complexity index is 698. The Labute approximate surface area is 143 Å². The summed E-state index contributed by atoms with van der Waals surface area (Å²) in [5.74, 6) is 1.03. The van der Waals surface area contributed by atoms with Crippen LogP contribution in [0.25, 0.3) is 0 Å². The molecule has 2 N–H and O–H groups in total. The third kappa shape index (κ3) is 2.20. The van der Waals surface area contributed by atoms with Crippen molar-refractivity contribution in [2.45, 2.75) is 37.3 Å². The van der Waals surface area contributed by atoms with Crippen LogP contribution >= 0.6 is 0 Å². The van der Waals surface area contributed by atoms with Gasteiger partial charge < -0.3 is 14.9 Å². The van der Waals surface area contributed by atoms with E-state index in [0.29, 0.717) is 11.8 Å². The summed E-state index contributed by atoms with van der Waals surface area (Å²) in [6.45, 7) is 8.24. The highest BCUT2D eigenvalue weighted by Crippen LogP contribution is 2.54. The number of hydrogen-bond acceptors (Lipinski definition) is 4. The van der Waals surface area contributed by atoms with Gasteiger partial charge in [-0.15, -0.1) is 6.58 Å². The molecule has 1 fully saturated rings. The summed E-state index contributed by atoms with van der Waals surface area (Å²) in [6.07, 6.45) is 7.28. The van der Waals surface area contributed by atoms with Crippen LogP contribution in [0.2, 0.25) is 0 Å². The normalized spacial score (nSPS) is 36.0. The minimum absolute atomic E-state index is 0.0927. The lowest BCUT2D eigenvalue weighted by Crippen LogP contribution is -2.58. The molecule has 1 saturated heterocycles. The Kier molecular flexibility index (Phi) is 3.70. The van der Waals surface area contributed by atoms with E-state index in [2.05, 4.69) is 24.5 Å². The first-order chi connectivity index (χ1) is 11.5. The highest BCUT2D eigenvalue weighted by atomic mass is 16.5. The molecule has 1 aromatic carbocycles. The number of nitrogens with zero attached hydrogens (tertiary/aromatic N) is 1. The van der Waals surface area contributed by atoms with E-state index in [1.165, 1.54) is 5.56 Å². The van der Waals surface area contributed by atoms with Crippen molar-refractivity contribution in [1.29, 1.82) is 0 Å². The van der Waals surface area contributed by atoms with Gasteiger partial charge in [0.05, 0.1) is 0 Å². The van der Waals surface area contributed by atoms with Crippen LogP contribution in [0.3, 0.4) is 0 Å². The van der Waals surface area contributed by atoms with E-state index in [1.54, 1.807) is 6.07 Å². The van der Waals surface area contributed by atoms with Crippen molar-refractivity contribution in [1.82, 2.24) is 4.90 Å². The van der Waals surface area contributed by atoms with Crippen LogP contribution in [0.5, 0.6) is 11.5 Å². The standard InChI is InChI=1S/C20H25NO3/c1-3-9-21-10-8-20(2)15-6-5-14(22)12-24-19-17(23)7-4-13(18(19)20)11-16(15)21/h3-7,14-16,22-23H,1,8-12H2,2H3/b6-5-/t14-,15-,16+,20+/m0/s1. The van der Waals surface area contributed by atoms with Gasteiger partial charge in [0.25, 0.3) is 0 Å². The number of benzene rings is 1. The van der Waals surface area contributed by atoms with Gasteiger partial charge >= 0.3 is 0 Å². The zero-order valence-corrected chi connectivity index (χ0v) is 14.1. The van der Waals surface area contributed by atoms with Gasteiger partial charge in [-0.05, 0) is 31.0 Å². The largest absolute Gasteiger partial charge is 0.504 e. The predicted octanol–water partition coefficient (Wildman–Crippen LogP) is 2.39. The maximum absolute atomic E-state index is 10.4. The number of phenolic OH excluding ortho intramolecular Hbond substituents is 1. The van der Waals surface area contributed by atoms with Gasteiger partial charge in [0.2, 0.25) is 0 Å². The second kappa shape index (κ2) is 5.64. The third-order valence-corrected chi connectivity index (χ3v) is 6.06. The van der Waals surface area contributed by atoms with E-state index in [9.17, 15) is 10.2 Å². The zero-order valence-electron chi connectivity index (χ0n) is 14.1. The number of rotatable bonds is 2. The third-order valence-electron chi connectivity index (χ3n) is 6.06. The molecule has 4 bridgehead atoms. The summed E-state index contributed by atoms with van der Waals surface area (Å²) < 4.78 is 5.86. The van der Waals surface area contributed by atoms with Gasteiger partial charge in [-0.2, -0.15) is 0 Å². The van der Waals surface area contributed by atoms with Crippen LogP contribution < -0.4 is 4.74 Å². The summed E-state index contributed by atoms with van der Waals surface area (Å²) >= 11 is 0. The van der Waals surface area contributed by atoms with Crippen molar-refractivity contribution in [3.63, 3.8) is 0 Å². The molecule has 0 spiro atoms. The molecule has 4 nitrogen and oxygen atoms in total. The lowest BCUT2D eigenvalue weighted by molar-refractivity contribution is 0.0534. The molecule has 3 aliphatic rings. The number of aliphatic hydroxyl groups excluding tert-OH is 1. The van der Waals surface area contributed by atoms with E-state index in [1.807, 2.05) is 18.2 Å². The number of piperidine rings is 1. The summed E-state index contributed by atoms with van der Waals surface area (Å²) in [5.41, 5.74) is 2.30. The number of aromatic hydroxyl groups is 1. The first kappa shape index (κ1) is 15.7. The Balaban J connectivity index is 1.93. The van der Waals surface area contributed by atoms with E-state index in [0.717, 1.165) is 31.5 Å². The summed E-state index contributed by atoms with van der Waals surface area (Å²) in [5, 5.41) is 20.6. The molecule has 0 aromatic heterocycles. The second-order valence-electron chi connectivity index (χ2n) is 7.46.